The largest absolute Gasteiger partial charge is 0.502 e. The topological polar surface area (TPSA) is 144 Å². The van der Waals surface area contributed by atoms with Crippen LogP contribution in [0, 0.1) is 13.1 Å². The third-order valence-electron chi connectivity index (χ3n) is 10.3. The van der Waals surface area contributed by atoms with Gasteiger partial charge in [-0.15, -0.1) is 12.4 Å². The number of nitrogens with one attached hydrogen (secondary N) is 1. The predicted molar refractivity (Wildman–Crippen MR) is 242 cm³/mol. The minimum atomic E-state index is -0.545. The van der Waals surface area contributed by atoms with Crippen molar-refractivity contribution in [3.8, 4) is 56.7 Å². The van der Waals surface area contributed by atoms with Crippen molar-refractivity contribution in [3.63, 3.8) is 0 Å². The second kappa shape index (κ2) is 19.0. The quantitative estimate of drug-likeness (QED) is 0.136. The van der Waals surface area contributed by atoms with Crippen molar-refractivity contribution in [2.75, 3.05) is 0 Å². The predicted octanol–water partition coefficient (Wildman–Crippen LogP) is 12.6. The summed E-state index contributed by atoms with van der Waals surface area (Å²) in [5, 5.41) is 11.6. The van der Waals surface area contributed by atoms with Crippen LogP contribution in [-0.2, 0) is 17.6 Å². The number of hydrogen-bond donors (Lipinski definition) is 2. The summed E-state index contributed by atoms with van der Waals surface area (Å²) in [7, 11) is 0. The average molecular weight is 855 g/mol. The molecule has 0 radical (unpaired) electrons. The number of alkyl carbamates (subject to hydrolysis) is 1. The third kappa shape index (κ3) is 10.1. The van der Waals surface area contributed by atoms with Gasteiger partial charge in [0, 0.05) is 40.4 Å². The molecule has 320 valence electrons. The molecular weight excluding hydrogens is 804 g/mol. The van der Waals surface area contributed by atoms with Crippen LogP contribution in [0.5, 0.6) is 11.5 Å². The van der Waals surface area contributed by atoms with E-state index in [4.69, 9.17) is 42.1 Å². The molecule has 0 saturated heterocycles. The van der Waals surface area contributed by atoms with Crippen LogP contribution < -0.4 is 20.5 Å². The van der Waals surface area contributed by atoms with Crippen molar-refractivity contribution in [1.29, 1.82) is 0 Å². The van der Waals surface area contributed by atoms with E-state index < -0.39 is 11.7 Å². The van der Waals surface area contributed by atoms with Crippen LogP contribution in [0.4, 0.5) is 16.2 Å². The molecule has 2 aliphatic rings. The first-order valence-corrected chi connectivity index (χ1v) is 20.5. The monoisotopic (exact) mass is 854 g/mol. The maximum Gasteiger partial charge on any atom is 0.408 e. The number of halogens is 1. The fourth-order valence-electron chi connectivity index (χ4n) is 7.72. The Morgan fingerprint density at radius 3 is 1.71 bits per heavy atom. The van der Waals surface area contributed by atoms with E-state index >= 15 is 0 Å². The number of nitrogens with two attached hydrogens (primary N) is 1. The Labute approximate surface area is 368 Å². The molecule has 62 heavy (non-hydrogen) atoms. The van der Waals surface area contributed by atoms with Gasteiger partial charge in [-0.25, -0.2) is 14.5 Å². The molecular formula is C49H51ClN6O6. The van der Waals surface area contributed by atoms with E-state index in [0.29, 0.717) is 34.4 Å². The zero-order valence-electron chi connectivity index (χ0n) is 35.9. The minimum Gasteiger partial charge on any atom is -0.502 e. The lowest BCUT2D eigenvalue weighted by Crippen LogP contribution is -2.34. The maximum atomic E-state index is 12.3. The lowest BCUT2D eigenvalue weighted by molar-refractivity contribution is 0.0503. The number of carbonyl (C=O) groups excluding carboxylic acids is 1. The van der Waals surface area contributed by atoms with Crippen molar-refractivity contribution in [1.82, 2.24) is 15.6 Å². The smallest absolute Gasteiger partial charge is 0.408 e. The number of aromatic nitrogens is 2. The second-order valence-electron chi connectivity index (χ2n) is 16.7. The summed E-state index contributed by atoms with van der Waals surface area (Å²) in [4.78, 5) is 19.5. The van der Waals surface area contributed by atoms with Crippen LogP contribution in [0.2, 0.25) is 0 Å². The van der Waals surface area contributed by atoms with Crippen LogP contribution in [0.3, 0.4) is 0 Å². The zero-order valence-corrected chi connectivity index (χ0v) is 36.8. The number of amides is 1. The van der Waals surface area contributed by atoms with Crippen molar-refractivity contribution < 1.29 is 28.1 Å². The average Bonchev–Trinajstić information content (AvgIpc) is 4.05. The van der Waals surface area contributed by atoms with Crippen molar-refractivity contribution in [3.05, 3.63) is 130 Å². The number of nitrogens with zero attached hydrogens (tertiary/aromatic N) is 4. The molecule has 2 atom stereocenters. The van der Waals surface area contributed by atoms with Gasteiger partial charge < -0.3 is 34.3 Å². The van der Waals surface area contributed by atoms with Gasteiger partial charge in [-0.2, -0.15) is 0 Å². The summed E-state index contributed by atoms with van der Waals surface area (Å²) >= 11 is 0. The molecule has 1 amide bonds. The zero-order chi connectivity index (χ0) is 43.4. The van der Waals surface area contributed by atoms with Crippen molar-refractivity contribution in [2.24, 2.45) is 5.73 Å². The van der Waals surface area contributed by atoms with Gasteiger partial charge in [-0.3, -0.25) is 0 Å². The first-order valence-electron chi connectivity index (χ1n) is 20.5. The van der Waals surface area contributed by atoms with E-state index in [1.54, 1.807) is 18.2 Å². The molecule has 13 heteroatoms. The molecule has 0 saturated carbocycles. The number of hydrogen-bond acceptors (Lipinski definition) is 9. The molecule has 0 fully saturated rings. The summed E-state index contributed by atoms with van der Waals surface area (Å²) in [6.07, 6.45) is 3.11. The highest BCUT2D eigenvalue weighted by molar-refractivity contribution is 5.85. The lowest BCUT2D eigenvalue weighted by Gasteiger charge is -2.22. The molecule has 0 spiro atoms. The van der Waals surface area contributed by atoms with E-state index in [9.17, 15) is 4.79 Å². The number of carbonyl (C=O) groups is 1. The fourth-order valence-corrected chi connectivity index (χ4v) is 7.72. The van der Waals surface area contributed by atoms with Gasteiger partial charge in [0.1, 0.15) is 28.5 Å². The molecule has 6 aromatic rings. The highest BCUT2D eigenvalue weighted by atomic mass is 35.5. The highest BCUT2D eigenvalue weighted by Crippen LogP contribution is 2.41. The Bertz CT molecular complexity index is 2650. The molecule has 0 bridgehead atoms. The van der Waals surface area contributed by atoms with Crippen LogP contribution >= 0.6 is 12.4 Å². The molecule has 2 aromatic heterocycles. The van der Waals surface area contributed by atoms with Crippen molar-refractivity contribution >= 4 is 29.9 Å². The number of ether oxygens (including phenoxy) is 3. The molecule has 0 aliphatic heterocycles. The van der Waals surface area contributed by atoms with E-state index in [1.165, 1.54) is 11.1 Å². The SMILES string of the molecule is Cl.[C-]#[N+]c1cc(-c2cc(-c3cccc4c3CC[C@@H]4NC(=O)OC(C)(C)C)no2)ccc1OC(C)C.[C-]#[N+]c1cc(-c2cc(-c3cccc4c3CC[C@H]4N)no2)ccc1OC(C)C. The van der Waals surface area contributed by atoms with E-state index in [2.05, 4.69) is 37.5 Å². The van der Waals surface area contributed by atoms with Gasteiger partial charge in [0.2, 0.25) is 11.4 Å². The Morgan fingerprint density at radius 2 is 1.23 bits per heavy atom. The molecule has 4 aromatic carbocycles. The highest BCUT2D eigenvalue weighted by Gasteiger charge is 2.29. The number of fused-ring (bicyclic) bond motifs is 2. The molecule has 2 heterocycles. The van der Waals surface area contributed by atoms with Crippen LogP contribution in [-0.4, -0.2) is 34.2 Å². The molecule has 12 nitrogen and oxygen atoms in total. The summed E-state index contributed by atoms with van der Waals surface area (Å²) in [5.74, 6) is 2.34. The summed E-state index contributed by atoms with van der Waals surface area (Å²) < 4.78 is 28.1. The fraction of sp³-hybridized carbons (Fsp3) is 0.327. The lowest BCUT2D eigenvalue weighted by atomic mass is 9.99. The van der Waals surface area contributed by atoms with Gasteiger partial charge in [-0.1, -0.05) is 58.8 Å². The van der Waals surface area contributed by atoms with Crippen molar-refractivity contribution in [2.45, 2.75) is 104 Å². The normalized spacial score (nSPS) is 15.0. The first-order chi connectivity index (χ1) is 29.2. The van der Waals surface area contributed by atoms with Crippen LogP contribution in [0.25, 0.3) is 54.9 Å². The van der Waals surface area contributed by atoms with Gasteiger partial charge in [0.15, 0.2) is 11.5 Å². The van der Waals surface area contributed by atoms with Gasteiger partial charge >= 0.3 is 6.09 Å². The Hall–Kier alpha value is -6.60. The molecule has 8 rings (SSSR count). The van der Waals surface area contributed by atoms with Gasteiger partial charge in [-0.05, 0) is 121 Å². The number of benzene rings is 4. The summed E-state index contributed by atoms with van der Waals surface area (Å²) in [5.41, 5.74) is 16.3. The van der Waals surface area contributed by atoms with Gasteiger partial charge in [0.25, 0.3) is 0 Å². The van der Waals surface area contributed by atoms with E-state index in [0.717, 1.165) is 70.5 Å². The minimum absolute atomic E-state index is 0. The second-order valence-corrected chi connectivity index (χ2v) is 16.7. The standard InChI is InChI=1S/C27H29N3O4.C22H21N3O2.ClH/c1-16(2)32-24-13-10-17(14-23(24)28-6)25-15-22(30-34-25)20-9-7-8-19-18(20)11-12-21(19)29-26(31)33-27(3,4)5;1-13(2)26-21-10-7-14(11-20(21)24-3)22-12-19(25-27-22)17-6-4-5-16-15(17)8-9-18(16)23;/h7-10,13-16,21H,11-12H2,1-5H3,(H,29,31);4-7,10-13,18H,8-9,23H2,1-2H3;1H/t21-;18-;/m01./s1. The molecule has 2 aliphatic carbocycles. The Kier molecular flexibility index (Phi) is 13.8. The van der Waals surface area contributed by atoms with E-state index in [1.807, 2.05) is 103 Å². The molecule has 3 N–H and O–H groups in total. The van der Waals surface area contributed by atoms with Gasteiger partial charge in [0.05, 0.1) is 31.4 Å². The Balaban J connectivity index is 0.000000209. The number of rotatable bonds is 9. The molecule has 0 unspecified atom stereocenters. The van der Waals surface area contributed by atoms with Crippen LogP contribution in [0.1, 0.15) is 95.6 Å². The third-order valence-corrected chi connectivity index (χ3v) is 10.3. The summed E-state index contributed by atoms with van der Waals surface area (Å²) in [6, 6.07) is 26.9. The Morgan fingerprint density at radius 1 is 0.742 bits per heavy atom. The van der Waals surface area contributed by atoms with Crippen LogP contribution in [0.15, 0.2) is 94.0 Å². The van der Waals surface area contributed by atoms with E-state index in [-0.39, 0.29) is 36.7 Å². The summed E-state index contributed by atoms with van der Waals surface area (Å²) in [6.45, 7) is 28.2. The maximum absolute atomic E-state index is 12.3. The first kappa shape index (κ1) is 44.9.